The van der Waals surface area contributed by atoms with Crippen molar-refractivity contribution in [3.05, 3.63) is 59.7 Å². The molecule has 2 N–H and O–H groups in total. The maximum absolute atomic E-state index is 13.6. The van der Waals surface area contributed by atoms with Crippen LogP contribution in [-0.2, 0) is 32.5 Å². The summed E-state index contributed by atoms with van der Waals surface area (Å²) in [6, 6.07) is 14.7. The molecule has 0 aromatic heterocycles. The van der Waals surface area contributed by atoms with Crippen LogP contribution in [0.5, 0.6) is 0 Å². The smallest absolute Gasteiger partial charge is 0.431 e. The van der Waals surface area contributed by atoms with Crippen molar-refractivity contribution in [3.63, 3.8) is 0 Å². The van der Waals surface area contributed by atoms with Gasteiger partial charge in [-0.1, -0.05) is 50.2 Å². The van der Waals surface area contributed by atoms with Crippen LogP contribution < -0.4 is 0 Å². The molecule has 0 fully saturated rings. The molecular weight excluding hydrogens is 516 g/mol. The Morgan fingerprint density at radius 3 is 2.00 bits per heavy atom. The number of alkyl halides is 4. The molecule has 3 rings (SSSR count). The molecule has 0 unspecified atom stereocenters. The van der Waals surface area contributed by atoms with Gasteiger partial charge in [-0.3, -0.25) is 9.35 Å². The lowest BCUT2D eigenvalue weighted by Gasteiger charge is -2.26. The highest BCUT2D eigenvalue weighted by Gasteiger charge is 2.65. The molecule has 0 saturated heterocycles. The molecule has 0 heterocycles. The number of rotatable bonds is 11. The van der Waals surface area contributed by atoms with E-state index >= 15 is 0 Å². The van der Waals surface area contributed by atoms with Crippen LogP contribution >= 0.6 is 0 Å². The lowest BCUT2D eigenvalue weighted by molar-refractivity contribution is -0.174. The van der Waals surface area contributed by atoms with Gasteiger partial charge in [0.15, 0.2) is 0 Å². The number of halogens is 4. The van der Waals surface area contributed by atoms with E-state index in [1.807, 2.05) is 50.2 Å². The highest BCUT2D eigenvalue weighted by Crippen LogP contribution is 2.40. The molecule has 0 saturated carbocycles. The molecule has 0 spiro atoms. The zero-order chi connectivity index (χ0) is 27.6. The quantitative estimate of drug-likeness (QED) is 0.139. The van der Waals surface area contributed by atoms with Gasteiger partial charge in [0.05, 0.1) is 25.0 Å². The van der Waals surface area contributed by atoms with E-state index in [-0.39, 0.29) is 6.42 Å². The van der Waals surface area contributed by atoms with Gasteiger partial charge < -0.3 is 9.84 Å². The number of hydrogen-bond donors (Lipinski definition) is 2. The third kappa shape index (κ3) is 6.05. The molecule has 0 aliphatic rings. The lowest BCUT2D eigenvalue weighted by atomic mass is 9.86. The van der Waals surface area contributed by atoms with Gasteiger partial charge in [0.25, 0.3) is 0 Å². The van der Waals surface area contributed by atoms with Crippen LogP contribution in [0.4, 0.5) is 17.6 Å². The number of aliphatic hydroxyl groups is 1. The number of ether oxygens (including phenoxy) is 1. The van der Waals surface area contributed by atoms with Gasteiger partial charge in [-0.05, 0) is 57.6 Å². The second kappa shape index (κ2) is 10.5. The van der Waals surface area contributed by atoms with Crippen LogP contribution in [0, 0.1) is 0 Å². The standard InChI is InChI=1S/C26H28F4O6S/c1-3-24(32,4-2)16-20-10-6-8-18-13-17-7-5-9-19(21(17)15-22(18)20)14-23(31)36-12-11-25(27,28)26(29,30)37(33,34)35/h5-10,13,15,32H,3-4,11-12,14,16H2,1-2H3,(H,33,34,35). The minimum atomic E-state index is -6.36. The van der Waals surface area contributed by atoms with Crippen molar-refractivity contribution in [2.45, 2.75) is 62.7 Å². The highest BCUT2D eigenvalue weighted by atomic mass is 32.2. The SMILES string of the molecule is CCC(O)(CC)Cc1cccc2cc3cccc(CC(=O)OCCC(F)(F)C(F)(F)S(=O)(=O)O)c3cc12. The third-order valence-electron chi connectivity index (χ3n) is 6.66. The van der Waals surface area contributed by atoms with Gasteiger partial charge in [0, 0.05) is 6.42 Å². The summed E-state index contributed by atoms with van der Waals surface area (Å²) in [5, 5.41) is 8.44. The first-order chi connectivity index (χ1) is 17.1. The van der Waals surface area contributed by atoms with Crippen LogP contribution in [0.15, 0.2) is 48.5 Å². The van der Waals surface area contributed by atoms with E-state index in [2.05, 4.69) is 4.74 Å². The van der Waals surface area contributed by atoms with Gasteiger partial charge in [-0.15, -0.1) is 0 Å². The first-order valence-electron chi connectivity index (χ1n) is 11.7. The van der Waals surface area contributed by atoms with Gasteiger partial charge in [-0.2, -0.15) is 26.0 Å². The van der Waals surface area contributed by atoms with Crippen molar-refractivity contribution in [2.75, 3.05) is 6.61 Å². The zero-order valence-corrected chi connectivity index (χ0v) is 21.1. The molecule has 37 heavy (non-hydrogen) atoms. The number of fused-ring (bicyclic) bond motifs is 2. The topological polar surface area (TPSA) is 101 Å². The van der Waals surface area contributed by atoms with Crippen molar-refractivity contribution < 1.29 is 45.2 Å². The largest absolute Gasteiger partial charge is 0.465 e. The average molecular weight is 545 g/mol. The van der Waals surface area contributed by atoms with E-state index in [9.17, 15) is 35.9 Å². The Hall–Kier alpha value is -2.76. The predicted octanol–water partition coefficient (Wildman–Crippen LogP) is 5.68. The summed E-state index contributed by atoms with van der Waals surface area (Å²) in [6.45, 7) is 2.64. The summed E-state index contributed by atoms with van der Waals surface area (Å²) in [4.78, 5) is 12.3. The molecule has 3 aromatic carbocycles. The lowest BCUT2D eigenvalue weighted by Crippen LogP contribution is -2.47. The molecule has 3 aromatic rings. The Kier molecular flexibility index (Phi) is 8.21. The van der Waals surface area contributed by atoms with E-state index in [1.54, 1.807) is 12.1 Å². The van der Waals surface area contributed by atoms with Gasteiger partial charge in [0.1, 0.15) is 0 Å². The second-order valence-corrected chi connectivity index (χ2v) is 10.5. The molecule has 0 amide bonds. The molecule has 11 heteroatoms. The summed E-state index contributed by atoms with van der Waals surface area (Å²) in [5.41, 5.74) is 0.557. The number of hydrogen-bond acceptors (Lipinski definition) is 5. The van der Waals surface area contributed by atoms with E-state index in [1.165, 1.54) is 0 Å². The summed E-state index contributed by atoms with van der Waals surface area (Å²) in [7, 11) is -6.36. The second-order valence-electron chi connectivity index (χ2n) is 9.08. The fraction of sp³-hybridized carbons (Fsp3) is 0.423. The third-order valence-corrected chi connectivity index (χ3v) is 7.61. The first kappa shape index (κ1) is 28.8. The molecule has 6 nitrogen and oxygen atoms in total. The molecular formula is C26H28F4O6S. The van der Waals surface area contributed by atoms with E-state index in [4.69, 9.17) is 4.55 Å². The predicted molar refractivity (Wildman–Crippen MR) is 131 cm³/mol. The normalized spacial score (nSPS) is 13.3. The fourth-order valence-electron chi connectivity index (χ4n) is 4.18. The minimum absolute atomic E-state index is 0.348. The van der Waals surface area contributed by atoms with Crippen molar-refractivity contribution in [3.8, 4) is 0 Å². The maximum Gasteiger partial charge on any atom is 0.431 e. The number of esters is 1. The van der Waals surface area contributed by atoms with E-state index in [0.29, 0.717) is 30.2 Å². The van der Waals surface area contributed by atoms with Crippen LogP contribution in [0.3, 0.4) is 0 Å². The van der Waals surface area contributed by atoms with Gasteiger partial charge >= 0.3 is 27.3 Å². The molecule has 0 aliphatic heterocycles. The van der Waals surface area contributed by atoms with Crippen LogP contribution in [0.25, 0.3) is 21.5 Å². The molecule has 0 aliphatic carbocycles. The Labute approximate surface area is 212 Å². The van der Waals surface area contributed by atoms with Crippen molar-refractivity contribution >= 4 is 37.6 Å². The average Bonchev–Trinajstić information content (AvgIpc) is 2.82. The first-order valence-corrected chi connectivity index (χ1v) is 13.1. The van der Waals surface area contributed by atoms with Crippen molar-refractivity contribution in [1.29, 1.82) is 0 Å². The fourth-order valence-corrected chi connectivity index (χ4v) is 4.66. The maximum atomic E-state index is 13.6. The summed E-state index contributed by atoms with van der Waals surface area (Å²) >= 11 is 0. The van der Waals surface area contributed by atoms with E-state index in [0.717, 1.165) is 21.7 Å². The van der Waals surface area contributed by atoms with Crippen molar-refractivity contribution in [2.24, 2.45) is 0 Å². The number of carbonyl (C=O) groups excluding carboxylic acids is 1. The van der Waals surface area contributed by atoms with Gasteiger partial charge in [0.2, 0.25) is 0 Å². The Balaban J connectivity index is 1.83. The summed E-state index contributed by atoms with van der Waals surface area (Å²) < 4.78 is 88.2. The van der Waals surface area contributed by atoms with Crippen LogP contribution in [0.1, 0.15) is 44.2 Å². The van der Waals surface area contributed by atoms with Crippen LogP contribution in [-0.4, -0.2) is 47.4 Å². The zero-order valence-electron chi connectivity index (χ0n) is 20.3. The molecule has 202 valence electrons. The van der Waals surface area contributed by atoms with Crippen LogP contribution in [0.2, 0.25) is 0 Å². The summed E-state index contributed by atoms with van der Waals surface area (Å²) in [5.74, 6) is -6.12. The highest BCUT2D eigenvalue weighted by molar-refractivity contribution is 7.87. The summed E-state index contributed by atoms with van der Waals surface area (Å²) in [6.07, 6.45) is -0.582. The number of carbonyl (C=O) groups is 1. The minimum Gasteiger partial charge on any atom is -0.465 e. The Morgan fingerprint density at radius 2 is 1.46 bits per heavy atom. The van der Waals surface area contributed by atoms with Crippen molar-refractivity contribution in [1.82, 2.24) is 0 Å². The molecule has 0 bridgehead atoms. The van der Waals surface area contributed by atoms with Gasteiger partial charge in [-0.25, -0.2) is 0 Å². The Bertz CT molecular complexity index is 1400. The number of benzene rings is 3. The molecule has 0 atom stereocenters. The monoisotopic (exact) mass is 544 g/mol. The van der Waals surface area contributed by atoms with E-state index < -0.39 is 45.9 Å². The molecule has 0 radical (unpaired) electrons. The Morgan fingerprint density at radius 1 is 0.919 bits per heavy atom.